The lowest BCUT2D eigenvalue weighted by Gasteiger charge is -2.09. The average molecular weight is 478 g/mol. The Hall–Kier alpha value is -2.68. The summed E-state index contributed by atoms with van der Waals surface area (Å²) in [5, 5.41) is 2.55. The fourth-order valence-electron chi connectivity index (χ4n) is 2.54. The Balaban J connectivity index is 1.72. The maximum absolute atomic E-state index is 13.2. The summed E-state index contributed by atoms with van der Waals surface area (Å²) in [5.74, 6) is -0.0417. The van der Waals surface area contributed by atoms with Gasteiger partial charge in [-0.05, 0) is 64.1 Å². The van der Waals surface area contributed by atoms with Gasteiger partial charge in [0.25, 0.3) is 5.91 Å². The molecule has 0 saturated carbocycles. The van der Waals surface area contributed by atoms with Gasteiger partial charge in [-0.15, -0.1) is 6.58 Å². The molecule has 2 aromatic carbocycles. The van der Waals surface area contributed by atoms with Crippen molar-refractivity contribution in [3.63, 3.8) is 0 Å². The summed E-state index contributed by atoms with van der Waals surface area (Å²) in [6, 6.07) is 11.2. The summed E-state index contributed by atoms with van der Waals surface area (Å²) in [6.45, 7) is 3.95. The number of ether oxygens (including phenoxy) is 1. The second-order valence-corrected chi connectivity index (χ2v) is 6.96. The summed E-state index contributed by atoms with van der Waals surface area (Å²) in [6.07, 6.45) is 3.11. The zero-order valence-electron chi connectivity index (χ0n) is 14.2. The van der Waals surface area contributed by atoms with Crippen LogP contribution in [0.3, 0.4) is 0 Å². The SMILES string of the molecule is C=CCN1C(=O)N/C(=C/c2ccc(OCc3cccc(F)c3)c(I)c2)C1=O. The zero-order valence-corrected chi connectivity index (χ0v) is 16.4. The van der Waals surface area contributed by atoms with Crippen LogP contribution in [0.1, 0.15) is 11.1 Å². The van der Waals surface area contributed by atoms with Crippen LogP contribution in [0.4, 0.5) is 9.18 Å². The third-order valence-corrected chi connectivity index (χ3v) is 4.67. The lowest BCUT2D eigenvalue weighted by Crippen LogP contribution is -2.30. The molecule has 3 rings (SSSR count). The molecule has 3 amide bonds. The van der Waals surface area contributed by atoms with Gasteiger partial charge in [-0.25, -0.2) is 9.18 Å². The largest absolute Gasteiger partial charge is 0.488 e. The number of carbonyl (C=O) groups excluding carboxylic acids is 2. The van der Waals surface area contributed by atoms with E-state index in [0.29, 0.717) is 5.75 Å². The quantitative estimate of drug-likeness (QED) is 0.295. The summed E-state index contributed by atoms with van der Waals surface area (Å²) in [5.41, 5.74) is 1.70. The Labute approximate surface area is 169 Å². The molecule has 7 heteroatoms. The normalized spacial score (nSPS) is 15.2. The number of urea groups is 1. The Kier molecular flexibility index (Phi) is 5.90. The van der Waals surface area contributed by atoms with E-state index in [1.54, 1.807) is 30.3 Å². The fourth-order valence-corrected chi connectivity index (χ4v) is 3.24. The maximum atomic E-state index is 13.2. The third-order valence-electron chi connectivity index (χ3n) is 3.82. The number of nitrogens with zero attached hydrogens (tertiary/aromatic N) is 1. The van der Waals surface area contributed by atoms with Crippen LogP contribution in [0.15, 0.2) is 60.8 Å². The van der Waals surface area contributed by atoms with E-state index in [1.807, 2.05) is 6.07 Å². The summed E-state index contributed by atoms with van der Waals surface area (Å²) in [4.78, 5) is 25.1. The second-order valence-electron chi connectivity index (χ2n) is 5.80. The highest BCUT2D eigenvalue weighted by molar-refractivity contribution is 14.1. The van der Waals surface area contributed by atoms with Crippen molar-refractivity contribution in [2.24, 2.45) is 0 Å². The molecular formula is C20H16FIN2O3. The summed E-state index contributed by atoms with van der Waals surface area (Å²) >= 11 is 2.12. The van der Waals surface area contributed by atoms with Gasteiger partial charge in [0.2, 0.25) is 0 Å². The molecule has 1 heterocycles. The van der Waals surface area contributed by atoms with Crippen molar-refractivity contribution < 1.29 is 18.7 Å². The van der Waals surface area contributed by atoms with Crippen LogP contribution in [0.25, 0.3) is 6.08 Å². The van der Waals surface area contributed by atoms with Crippen molar-refractivity contribution in [2.75, 3.05) is 6.54 Å². The lowest BCUT2D eigenvalue weighted by molar-refractivity contribution is -0.122. The number of halogens is 2. The molecule has 2 aromatic rings. The molecule has 0 radical (unpaired) electrons. The van der Waals surface area contributed by atoms with Crippen molar-refractivity contribution >= 4 is 40.6 Å². The number of benzene rings is 2. The Bertz CT molecular complexity index is 943. The smallest absolute Gasteiger partial charge is 0.329 e. The van der Waals surface area contributed by atoms with Gasteiger partial charge in [-0.1, -0.05) is 24.3 Å². The first-order valence-electron chi connectivity index (χ1n) is 8.10. The van der Waals surface area contributed by atoms with E-state index < -0.39 is 6.03 Å². The molecule has 0 atom stereocenters. The van der Waals surface area contributed by atoms with Gasteiger partial charge in [0.05, 0.1) is 3.57 Å². The second kappa shape index (κ2) is 8.34. The van der Waals surface area contributed by atoms with Crippen LogP contribution >= 0.6 is 22.6 Å². The first-order valence-corrected chi connectivity index (χ1v) is 9.18. The molecule has 0 aliphatic carbocycles. The molecule has 5 nitrogen and oxygen atoms in total. The van der Waals surface area contributed by atoms with Crippen LogP contribution in [-0.2, 0) is 11.4 Å². The Morgan fingerprint density at radius 1 is 1.22 bits per heavy atom. The van der Waals surface area contributed by atoms with E-state index in [9.17, 15) is 14.0 Å². The monoisotopic (exact) mass is 478 g/mol. The number of amides is 3. The summed E-state index contributed by atoms with van der Waals surface area (Å²) in [7, 11) is 0. The highest BCUT2D eigenvalue weighted by atomic mass is 127. The molecule has 0 unspecified atom stereocenters. The van der Waals surface area contributed by atoms with Gasteiger partial charge in [-0.3, -0.25) is 9.69 Å². The van der Waals surface area contributed by atoms with Crippen LogP contribution in [0.5, 0.6) is 5.75 Å². The van der Waals surface area contributed by atoms with Crippen molar-refractivity contribution in [1.29, 1.82) is 0 Å². The molecule has 0 spiro atoms. The van der Waals surface area contributed by atoms with Crippen LogP contribution in [-0.4, -0.2) is 23.4 Å². The number of nitrogens with one attached hydrogen (secondary N) is 1. The molecule has 1 aliphatic heterocycles. The number of hydrogen-bond donors (Lipinski definition) is 1. The molecular weight excluding hydrogens is 462 g/mol. The standard InChI is InChI=1S/C20H16FIN2O3/c1-2-8-24-19(25)17(23-20(24)26)11-13-6-7-18(16(22)10-13)27-12-14-4-3-5-15(21)9-14/h2-7,9-11H,1,8,12H2,(H,23,26)/b17-11+. The van der Waals surface area contributed by atoms with Gasteiger partial charge < -0.3 is 10.1 Å². The molecule has 1 fully saturated rings. The predicted octanol–water partition coefficient (Wildman–Crippen LogP) is 4.09. The van der Waals surface area contributed by atoms with Gasteiger partial charge in [0.1, 0.15) is 23.9 Å². The highest BCUT2D eigenvalue weighted by Crippen LogP contribution is 2.25. The molecule has 1 N–H and O–H groups in total. The lowest BCUT2D eigenvalue weighted by atomic mass is 10.2. The maximum Gasteiger partial charge on any atom is 0.329 e. The first-order chi connectivity index (χ1) is 13.0. The minimum atomic E-state index is -0.462. The van der Waals surface area contributed by atoms with Crippen LogP contribution in [0.2, 0.25) is 0 Å². The minimum Gasteiger partial charge on any atom is -0.488 e. The van der Waals surface area contributed by atoms with E-state index in [2.05, 4.69) is 34.5 Å². The van der Waals surface area contributed by atoms with Crippen molar-refractivity contribution in [1.82, 2.24) is 10.2 Å². The van der Waals surface area contributed by atoms with Gasteiger partial charge in [0.15, 0.2) is 0 Å². The Morgan fingerprint density at radius 2 is 2.04 bits per heavy atom. The number of hydrogen-bond acceptors (Lipinski definition) is 3. The predicted molar refractivity (Wildman–Crippen MR) is 108 cm³/mol. The average Bonchev–Trinajstić information content (AvgIpc) is 2.89. The van der Waals surface area contributed by atoms with Crippen molar-refractivity contribution in [3.05, 3.63) is 81.3 Å². The number of imide groups is 1. The van der Waals surface area contributed by atoms with E-state index >= 15 is 0 Å². The van der Waals surface area contributed by atoms with E-state index in [4.69, 9.17) is 4.74 Å². The Morgan fingerprint density at radius 3 is 2.74 bits per heavy atom. The molecule has 138 valence electrons. The molecule has 1 aliphatic rings. The number of rotatable bonds is 6. The minimum absolute atomic E-state index is 0.159. The van der Waals surface area contributed by atoms with E-state index in [1.165, 1.54) is 18.2 Å². The van der Waals surface area contributed by atoms with Crippen molar-refractivity contribution in [2.45, 2.75) is 6.61 Å². The molecule has 0 bridgehead atoms. The van der Waals surface area contributed by atoms with E-state index in [0.717, 1.165) is 19.6 Å². The molecule has 27 heavy (non-hydrogen) atoms. The number of carbonyl (C=O) groups is 2. The third kappa shape index (κ3) is 4.54. The fraction of sp³-hybridized carbons (Fsp3) is 0.100. The van der Waals surface area contributed by atoms with Crippen LogP contribution < -0.4 is 10.1 Å². The van der Waals surface area contributed by atoms with E-state index in [-0.39, 0.29) is 30.6 Å². The van der Waals surface area contributed by atoms with Crippen LogP contribution in [0, 0.1) is 9.39 Å². The van der Waals surface area contributed by atoms with Gasteiger partial charge in [-0.2, -0.15) is 0 Å². The molecule has 0 aromatic heterocycles. The van der Waals surface area contributed by atoms with Gasteiger partial charge >= 0.3 is 6.03 Å². The highest BCUT2D eigenvalue weighted by Gasteiger charge is 2.32. The van der Waals surface area contributed by atoms with Gasteiger partial charge in [0, 0.05) is 6.54 Å². The van der Waals surface area contributed by atoms with Crippen molar-refractivity contribution in [3.8, 4) is 5.75 Å². The first kappa shape index (κ1) is 19.1. The molecule has 1 saturated heterocycles. The topological polar surface area (TPSA) is 58.6 Å². The zero-order chi connectivity index (χ0) is 19.4. The summed E-state index contributed by atoms with van der Waals surface area (Å²) < 4.78 is 19.8.